The van der Waals surface area contributed by atoms with Gasteiger partial charge in [-0.15, -0.1) is 0 Å². The van der Waals surface area contributed by atoms with Gasteiger partial charge in [0, 0.05) is 29.6 Å². The number of benzene rings is 3. The fourth-order valence-electron chi connectivity index (χ4n) is 4.67. The number of rotatable bonds is 8. The first-order valence-electron chi connectivity index (χ1n) is 12.4. The molecule has 194 valence electrons. The summed E-state index contributed by atoms with van der Waals surface area (Å²) in [4.78, 5) is 13.6. The Balaban J connectivity index is 1.53. The van der Waals surface area contributed by atoms with Crippen molar-refractivity contribution in [2.24, 2.45) is 11.7 Å². The monoisotopic (exact) mass is 519 g/mol. The van der Waals surface area contributed by atoms with Crippen LogP contribution in [-0.4, -0.2) is 38.1 Å². The van der Waals surface area contributed by atoms with Crippen molar-refractivity contribution in [3.8, 4) is 11.1 Å². The summed E-state index contributed by atoms with van der Waals surface area (Å²) in [7, 11) is -3.38. The Kier molecular flexibility index (Phi) is 8.13. The summed E-state index contributed by atoms with van der Waals surface area (Å²) in [6, 6.07) is 20.8. The predicted octanol–water partition coefficient (Wildman–Crippen LogP) is 5.48. The average molecular weight is 520 g/mol. The molecule has 5 N–H and O–H groups in total. The quantitative estimate of drug-likeness (QED) is 0.178. The first-order chi connectivity index (χ1) is 17.7. The van der Waals surface area contributed by atoms with E-state index in [1.54, 1.807) is 71.7 Å². The average Bonchev–Trinajstić information content (AvgIpc) is 2.89. The predicted molar refractivity (Wildman–Crippen MR) is 148 cm³/mol. The van der Waals surface area contributed by atoms with Crippen LogP contribution in [0.25, 0.3) is 11.1 Å². The highest BCUT2D eigenvalue weighted by atomic mass is 32.2. The van der Waals surface area contributed by atoms with E-state index in [1.807, 2.05) is 6.07 Å². The van der Waals surface area contributed by atoms with Crippen molar-refractivity contribution >= 4 is 33.1 Å². The minimum absolute atomic E-state index is 0.0375. The van der Waals surface area contributed by atoms with Crippen LogP contribution in [0, 0.1) is 11.3 Å². The molecule has 0 aliphatic heterocycles. The van der Waals surface area contributed by atoms with Gasteiger partial charge >= 0.3 is 6.03 Å². The highest BCUT2D eigenvalue weighted by Gasteiger charge is 2.22. The van der Waals surface area contributed by atoms with Crippen molar-refractivity contribution in [2.45, 2.75) is 37.0 Å². The molecule has 3 aromatic rings. The number of urea groups is 1. The zero-order chi connectivity index (χ0) is 26.4. The third-order valence-corrected chi connectivity index (χ3v) is 7.74. The molecule has 0 aromatic heterocycles. The van der Waals surface area contributed by atoms with E-state index in [9.17, 15) is 13.2 Å². The van der Waals surface area contributed by atoms with Crippen molar-refractivity contribution in [1.29, 1.82) is 5.41 Å². The van der Waals surface area contributed by atoms with E-state index in [0.29, 0.717) is 35.0 Å². The lowest BCUT2D eigenvalue weighted by atomic mass is 9.89. The summed E-state index contributed by atoms with van der Waals surface area (Å²) in [5, 5.41) is 12.2. The molecule has 0 saturated heterocycles. The maximum Gasteiger partial charge on any atom is 0.340 e. The van der Waals surface area contributed by atoms with Crippen molar-refractivity contribution < 1.29 is 13.2 Å². The topological polar surface area (TPSA) is 128 Å². The van der Waals surface area contributed by atoms with Gasteiger partial charge < -0.3 is 11.1 Å². The Morgan fingerprint density at radius 1 is 0.973 bits per heavy atom. The number of carbonyl (C=O) groups excluding carboxylic acids is 1. The fourth-order valence-corrected chi connectivity index (χ4v) is 5.58. The first-order valence-corrected chi connectivity index (χ1v) is 14.3. The number of hydrazine groups is 1. The van der Waals surface area contributed by atoms with Crippen LogP contribution in [0.4, 0.5) is 16.2 Å². The summed E-state index contributed by atoms with van der Waals surface area (Å²) < 4.78 is 24.4. The molecule has 37 heavy (non-hydrogen) atoms. The van der Waals surface area contributed by atoms with E-state index in [1.165, 1.54) is 12.7 Å². The van der Waals surface area contributed by atoms with Crippen LogP contribution in [0.15, 0.2) is 77.7 Å². The van der Waals surface area contributed by atoms with Gasteiger partial charge in [0.2, 0.25) is 0 Å². The highest BCUT2D eigenvalue weighted by Crippen LogP contribution is 2.29. The van der Waals surface area contributed by atoms with Crippen LogP contribution in [-0.2, 0) is 9.84 Å². The maximum absolute atomic E-state index is 13.4. The summed E-state index contributed by atoms with van der Waals surface area (Å²) in [5.41, 5.74) is 12.1. The number of amidine groups is 1. The van der Waals surface area contributed by atoms with Gasteiger partial charge in [0.15, 0.2) is 9.84 Å². The van der Waals surface area contributed by atoms with Gasteiger partial charge in [-0.05, 0) is 54.7 Å². The summed E-state index contributed by atoms with van der Waals surface area (Å²) in [5.74, 6) is 0.363. The van der Waals surface area contributed by atoms with Gasteiger partial charge in [0.05, 0.1) is 10.6 Å². The number of sulfone groups is 1. The van der Waals surface area contributed by atoms with Crippen LogP contribution in [0.3, 0.4) is 0 Å². The van der Waals surface area contributed by atoms with Crippen LogP contribution >= 0.6 is 0 Å². The molecule has 1 saturated carbocycles. The molecule has 8 nitrogen and oxygen atoms in total. The van der Waals surface area contributed by atoms with Gasteiger partial charge in [0.1, 0.15) is 5.84 Å². The fraction of sp³-hybridized carbons (Fsp3) is 0.286. The number of nitrogens with two attached hydrogens (primary N) is 1. The van der Waals surface area contributed by atoms with Gasteiger partial charge in [-0.2, -0.15) is 0 Å². The molecule has 1 fully saturated rings. The van der Waals surface area contributed by atoms with E-state index in [2.05, 4.69) is 10.7 Å². The Morgan fingerprint density at radius 2 is 1.68 bits per heavy atom. The maximum atomic E-state index is 13.4. The molecular formula is C28H33N5O3S. The molecule has 1 aliphatic rings. The second-order valence-electron chi connectivity index (χ2n) is 9.50. The third-order valence-electron chi connectivity index (χ3n) is 6.58. The Morgan fingerprint density at radius 3 is 2.35 bits per heavy atom. The molecule has 0 bridgehead atoms. The smallest absolute Gasteiger partial charge is 0.340 e. The standard InChI is InChI=1S/C28H33N5O3S/c1-37(35,36)26-13-6-5-12-25(26)21-14-16-23(17-15-21)31-28(34)33(19-20-8-3-2-4-9-20)32-24-11-7-10-22(18-24)27(29)30/h5-7,10-18,20,32H,2-4,8-9,19H2,1H3,(H3,29,30)(H,31,34). The number of nitrogens with zero attached hydrogens (tertiary/aromatic N) is 1. The van der Waals surface area contributed by atoms with E-state index in [4.69, 9.17) is 11.1 Å². The number of amides is 2. The molecule has 0 heterocycles. The van der Waals surface area contributed by atoms with E-state index in [-0.39, 0.29) is 16.8 Å². The normalized spacial score (nSPS) is 14.1. The summed E-state index contributed by atoms with van der Waals surface area (Å²) >= 11 is 0. The van der Waals surface area contributed by atoms with Crippen LogP contribution in [0.2, 0.25) is 0 Å². The van der Waals surface area contributed by atoms with Crippen molar-refractivity contribution in [3.63, 3.8) is 0 Å². The lowest BCUT2D eigenvalue weighted by molar-refractivity contribution is 0.204. The molecule has 0 spiro atoms. The molecule has 3 aromatic carbocycles. The number of anilines is 2. The number of hydrogen-bond acceptors (Lipinski definition) is 5. The van der Waals surface area contributed by atoms with Gasteiger partial charge in [-0.1, -0.05) is 61.7 Å². The van der Waals surface area contributed by atoms with Crippen LogP contribution < -0.4 is 16.5 Å². The molecule has 4 rings (SSSR count). The number of nitrogens with one attached hydrogen (secondary N) is 3. The van der Waals surface area contributed by atoms with Crippen molar-refractivity contribution in [1.82, 2.24) is 5.01 Å². The molecule has 1 aliphatic carbocycles. The van der Waals surface area contributed by atoms with Crippen LogP contribution in [0.1, 0.15) is 37.7 Å². The number of nitrogen functional groups attached to an aromatic ring is 1. The second-order valence-corrected chi connectivity index (χ2v) is 11.5. The van der Waals surface area contributed by atoms with Crippen molar-refractivity contribution in [2.75, 3.05) is 23.5 Å². The van der Waals surface area contributed by atoms with Crippen molar-refractivity contribution in [3.05, 3.63) is 78.4 Å². The molecule has 0 radical (unpaired) electrons. The Bertz CT molecular complexity index is 1370. The van der Waals surface area contributed by atoms with E-state index >= 15 is 0 Å². The third kappa shape index (κ3) is 6.89. The lowest BCUT2D eigenvalue weighted by Gasteiger charge is -2.30. The number of carbonyl (C=O) groups is 1. The minimum Gasteiger partial charge on any atom is -0.384 e. The lowest BCUT2D eigenvalue weighted by Crippen LogP contribution is -2.43. The highest BCUT2D eigenvalue weighted by molar-refractivity contribution is 7.90. The Labute approximate surface area is 218 Å². The molecule has 0 atom stereocenters. The second kappa shape index (κ2) is 11.5. The molecular weight excluding hydrogens is 486 g/mol. The zero-order valence-corrected chi connectivity index (χ0v) is 21.7. The van der Waals surface area contributed by atoms with Gasteiger partial charge in [-0.25, -0.2) is 18.2 Å². The zero-order valence-electron chi connectivity index (χ0n) is 20.9. The molecule has 0 unspecified atom stereocenters. The van der Waals surface area contributed by atoms with Crippen LogP contribution in [0.5, 0.6) is 0 Å². The Hall–Kier alpha value is -3.85. The summed E-state index contributed by atoms with van der Waals surface area (Å²) in [6.07, 6.45) is 6.90. The molecule has 2 amide bonds. The first kappa shape index (κ1) is 26.2. The molecule has 9 heteroatoms. The van der Waals surface area contributed by atoms with E-state index < -0.39 is 9.84 Å². The van der Waals surface area contributed by atoms with E-state index in [0.717, 1.165) is 31.2 Å². The van der Waals surface area contributed by atoms with Gasteiger partial charge in [-0.3, -0.25) is 10.8 Å². The summed E-state index contributed by atoms with van der Waals surface area (Å²) in [6.45, 7) is 0.552. The van der Waals surface area contributed by atoms with Gasteiger partial charge in [0.25, 0.3) is 0 Å². The minimum atomic E-state index is -3.38. The largest absolute Gasteiger partial charge is 0.384 e. The number of hydrogen-bond donors (Lipinski definition) is 4. The SMILES string of the molecule is CS(=O)(=O)c1ccccc1-c1ccc(NC(=O)N(CC2CCCCC2)Nc2cccc(C(=N)N)c2)cc1.